The summed E-state index contributed by atoms with van der Waals surface area (Å²) in [5, 5.41) is 3.71. The Labute approximate surface area is 94.4 Å². The van der Waals surface area contributed by atoms with Crippen LogP contribution in [0.15, 0.2) is 0 Å². The van der Waals surface area contributed by atoms with Gasteiger partial charge in [0.15, 0.2) is 0 Å². The average molecular weight is 210 g/mol. The summed E-state index contributed by atoms with van der Waals surface area (Å²) in [5.41, 5.74) is 0. The Morgan fingerprint density at radius 3 is 2.40 bits per heavy atom. The van der Waals surface area contributed by atoms with Crippen LogP contribution < -0.4 is 5.32 Å². The molecule has 0 aromatic rings. The number of rotatable bonds is 2. The molecule has 15 heavy (non-hydrogen) atoms. The first-order valence-corrected chi connectivity index (χ1v) is 6.91. The number of nitrogens with zero attached hydrogens (tertiary/aromatic N) is 1. The van der Waals surface area contributed by atoms with Crippen LogP contribution in [-0.2, 0) is 0 Å². The van der Waals surface area contributed by atoms with E-state index in [0.717, 1.165) is 6.04 Å². The van der Waals surface area contributed by atoms with E-state index in [1.807, 2.05) is 0 Å². The summed E-state index contributed by atoms with van der Waals surface area (Å²) in [7, 11) is 0. The van der Waals surface area contributed by atoms with Crippen LogP contribution in [0.1, 0.15) is 51.4 Å². The first-order valence-electron chi connectivity index (χ1n) is 6.91. The van der Waals surface area contributed by atoms with Crippen LogP contribution in [-0.4, -0.2) is 37.1 Å². The van der Waals surface area contributed by atoms with E-state index >= 15 is 0 Å². The topological polar surface area (TPSA) is 15.3 Å². The van der Waals surface area contributed by atoms with Gasteiger partial charge in [0.1, 0.15) is 0 Å². The molecule has 0 unspecified atom stereocenters. The van der Waals surface area contributed by atoms with Crippen LogP contribution in [0.25, 0.3) is 0 Å². The van der Waals surface area contributed by atoms with E-state index in [9.17, 15) is 0 Å². The molecule has 0 bridgehead atoms. The largest absolute Gasteiger partial charge is 0.313 e. The van der Waals surface area contributed by atoms with Crippen molar-refractivity contribution >= 4 is 0 Å². The lowest BCUT2D eigenvalue weighted by atomic mass is 10.1. The van der Waals surface area contributed by atoms with E-state index in [1.165, 1.54) is 77.5 Å². The molecule has 0 aromatic heterocycles. The Morgan fingerprint density at radius 1 is 0.867 bits per heavy atom. The normalized spacial score (nSPS) is 30.8. The highest BCUT2D eigenvalue weighted by Gasteiger charge is 2.16. The summed E-state index contributed by atoms with van der Waals surface area (Å²) in [6.45, 7) is 5.24. The lowest BCUT2D eigenvalue weighted by Gasteiger charge is -2.26. The quantitative estimate of drug-likeness (QED) is 0.753. The standard InChI is InChI=1S/C13H26N2/c1-2-7-11-15(10-6-1)12-13-8-4-3-5-9-14-13/h13-14H,1-12H2/t13-/m0/s1. The van der Waals surface area contributed by atoms with Crippen molar-refractivity contribution in [3.63, 3.8) is 0 Å². The van der Waals surface area contributed by atoms with Gasteiger partial charge in [0.05, 0.1) is 0 Å². The monoisotopic (exact) mass is 210 g/mol. The van der Waals surface area contributed by atoms with Crippen LogP contribution in [0, 0.1) is 0 Å². The fourth-order valence-corrected chi connectivity index (χ4v) is 2.89. The van der Waals surface area contributed by atoms with Gasteiger partial charge < -0.3 is 10.2 Å². The maximum Gasteiger partial charge on any atom is 0.0195 e. The van der Waals surface area contributed by atoms with Gasteiger partial charge in [-0.25, -0.2) is 0 Å². The van der Waals surface area contributed by atoms with Gasteiger partial charge in [0, 0.05) is 12.6 Å². The Morgan fingerprint density at radius 2 is 1.60 bits per heavy atom. The second kappa shape index (κ2) is 6.49. The van der Waals surface area contributed by atoms with Crippen molar-refractivity contribution in [1.82, 2.24) is 10.2 Å². The third-order valence-corrected chi connectivity index (χ3v) is 3.84. The van der Waals surface area contributed by atoms with E-state index in [4.69, 9.17) is 0 Å². The minimum atomic E-state index is 0.783. The van der Waals surface area contributed by atoms with E-state index < -0.39 is 0 Å². The van der Waals surface area contributed by atoms with Gasteiger partial charge in [-0.3, -0.25) is 0 Å². The summed E-state index contributed by atoms with van der Waals surface area (Å²) in [5.74, 6) is 0. The molecule has 2 saturated heterocycles. The zero-order chi connectivity index (χ0) is 10.3. The van der Waals surface area contributed by atoms with Crippen molar-refractivity contribution in [2.24, 2.45) is 0 Å². The molecule has 1 atom stereocenters. The molecule has 2 aliphatic rings. The lowest BCUT2D eigenvalue weighted by molar-refractivity contribution is 0.247. The molecular weight excluding hydrogens is 184 g/mol. The first-order chi connectivity index (χ1) is 7.45. The van der Waals surface area contributed by atoms with Crippen LogP contribution in [0.3, 0.4) is 0 Å². The molecule has 2 heteroatoms. The van der Waals surface area contributed by atoms with Crippen molar-refractivity contribution in [3.05, 3.63) is 0 Å². The molecule has 1 N–H and O–H groups in total. The Kier molecular flexibility index (Phi) is 4.94. The third-order valence-electron chi connectivity index (χ3n) is 3.84. The van der Waals surface area contributed by atoms with Crippen molar-refractivity contribution in [1.29, 1.82) is 0 Å². The van der Waals surface area contributed by atoms with Gasteiger partial charge in [0.25, 0.3) is 0 Å². The maximum atomic E-state index is 3.71. The smallest absolute Gasteiger partial charge is 0.0195 e. The highest BCUT2D eigenvalue weighted by atomic mass is 15.1. The Bertz CT molecular complexity index is 136. The molecule has 2 aliphatic heterocycles. The molecule has 88 valence electrons. The third kappa shape index (κ3) is 4.12. The zero-order valence-corrected chi connectivity index (χ0v) is 10.0. The number of hydrogen-bond donors (Lipinski definition) is 1. The number of likely N-dealkylation sites (tertiary alicyclic amines) is 1. The molecule has 2 heterocycles. The molecular formula is C13H26N2. The van der Waals surface area contributed by atoms with Crippen molar-refractivity contribution < 1.29 is 0 Å². The van der Waals surface area contributed by atoms with Gasteiger partial charge in [-0.05, 0) is 45.3 Å². The first kappa shape index (κ1) is 11.4. The molecule has 0 radical (unpaired) electrons. The fraction of sp³-hybridized carbons (Fsp3) is 1.00. The van der Waals surface area contributed by atoms with Gasteiger partial charge >= 0.3 is 0 Å². The Balaban J connectivity index is 1.73. The molecule has 0 aliphatic carbocycles. The summed E-state index contributed by atoms with van der Waals surface area (Å²) in [6, 6.07) is 0.783. The predicted molar refractivity (Wildman–Crippen MR) is 65.2 cm³/mol. The second-order valence-corrected chi connectivity index (χ2v) is 5.22. The molecule has 0 spiro atoms. The second-order valence-electron chi connectivity index (χ2n) is 5.22. The highest BCUT2D eigenvalue weighted by Crippen LogP contribution is 2.13. The van der Waals surface area contributed by atoms with E-state index in [2.05, 4.69) is 10.2 Å². The van der Waals surface area contributed by atoms with Crippen molar-refractivity contribution in [2.45, 2.75) is 57.4 Å². The van der Waals surface area contributed by atoms with E-state index in [0.29, 0.717) is 0 Å². The van der Waals surface area contributed by atoms with Gasteiger partial charge in [0.2, 0.25) is 0 Å². The summed E-state index contributed by atoms with van der Waals surface area (Å²) in [6.07, 6.45) is 11.4. The zero-order valence-electron chi connectivity index (χ0n) is 10.0. The summed E-state index contributed by atoms with van der Waals surface area (Å²) >= 11 is 0. The Hall–Kier alpha value is -0.0800. The maximum absolute atomic E-state index is 3.71. The molecule has 2 nitrogen and oxygen atoms in total. The number of nitrogens with one attached hydrogen (secondary N) is 1. The molecule has 0 amide bonds. The minimum Gasteiger partial charge on any atom is -0.313 e. The van der Waals surface area contributed by atoms with Crippen LogP contribution in [0.5, 0.6) is 0 Å². The SMILES string of the molecule is C1CCN[C@H](CN2CCCCCC2)CC1. The molecule has 0 saturated carbocycles. The molecule has 2 rings (SSSR count). The average Bonchev–Trinajstić information content (AvgIpc) is 2.63. The van der Waals surface area contributed by atoms with Crippen LogP contribution in [0.4, 0.5) is 0 Å². The predicted octanol–water partition coefficient (Wildman–Crippen LogP) is 2.39. The van der Waals surface area contributed by atoms with Gasteiger partial charge in [-0.15, -0.1) is 0 Å². The highest BCUT2D eigenvalue weighted by molar-refractivity contribution is 4.76. The number of hydrogen-bond acceptors (Lipinski definition) is 2. The fourth-order valence-electron chi connectivity index (χ4n) is 2.89. The molecule has 0 aromatic carbocycles. The van der Waals surface area contributed by atoms with Crippen LogP contribution >= 0.6 is 0 Å². The minimum absolute atomic E-state index is 0.783. The van der Waals surface area contributed by atoms with Gasteiger partial charge in [-0.1, -0.05) is 25.7 Å². The lowest BCUT2D eigenvalue weighted by Crippen LogP contribution is -2.41. The van der Waals surface area contributed by atoms with Crippen molar-refractivity contribution in [2.75, 3.05) is 26.2 Å². The van der Waals surface area contributed by atoms with Crippen molar-refractivity contribution in [3.8, 4) is 0 Å². The summed E-state index contributed by atoms with van der Waals surface area (Å²) < 4.78 is 0. The van der Waals surface area contributed by atoms with Gasteiger partial charge in [-0.2, -0.15) is 0 Å². The van der Waals surface area contributed by atoms with Crippen LogP contribution in [0.2, 0.25) is 0 Å². The molecule has 2 fully saturated rings. The van der Waals surface area contributed by atoms with E-state index in [-0.39, 0.29) is 0 Å². The summed E-state index contributed by atoms with van der Waals surface area (Å²) in [4.78, 5) is 2.69. The van der Waals surface area contributed by atoms with E-state index in [1.54, 1.807) is 0 Å².